The second-order valence-electron chi connectivity index (χ2n) is 8.47. The molecule has 0 aliphatic rings. The van der Waals surface area contributed by atoms with Crippen LogP contribution in [0.3, 0.4) is 0 Å². The summed E-state index contributed by atoms with van der Waals surface area (Å²) in [6.45, 7) is 8.09. The summed E-state index contributed by atoms with van der Waals surface area (Å²) in [4.78, 5) is 28.1. The predicted molar refractivity (Wildman–Crippen MR) is 137 cm³/mol. The summed E-state index contributed by atoms with van der Waals surface area (Å²) in [6.07, 6.45) is 2.92. The Kier molecular flexibility index (Phi) is 10.1. The van der Waals surface area contributed by atoms with Gasteiger partial charge in [-0.05, 0) is 43.4 Å². The molecule has 1 atom stereocenters. The van der Waals surface area contributed by atoms with Crippen molar-refractivity contribution >= 4 is 27.5 Å². The number of benzene rings is 2. The van der Waals surface area contributed by atoms with Crippen molar-refractivity contribution in [3.05, 3.63) is 65.2 Å². The third-order valence-corrected chi connectivity index (χ3v) is 6.86. The Bertz CT molecular complexity index is 1070. The maximum atomic E-state index is 13.7. The largest absolute Gasteiger partial charge is 0.354 e. The molecule has 2 aromatic carbocycles. The van der Waals surface area contributed by atoms with E-state index in [1.807, 2.05) is 64.1 Å². The quantitative estimate of drug-likeness (QED) is 0.495. The van der Waals surface area contributed by atoms with E-state index in [1.165, 1.54) is 4.90 Å². The zero-order valence-corrected chi connectivity index (χ0v) is 21.7. The second-order valence-corrected chi connectivity index (χ2v) is 10.4. The van der Waals surface area contributed by atoms with Gasteiger partial charge in [-0.2, -0.15) is 0 Å². The molecule has 0 heterocycles. The minimum atomic E-state index is -3.74. The van der Waals surface area contributed by atoms with E-state index in [9.17, 15) is 18.0 Å². The lowest BCUT2D eigenvalue weighted by atomic mass is 10.1. The fourth-order valence-corrected chi connectivity index (χ4v) is 4.70. The Morgan fingerprint density at radius 3 is 2.21 bits per heavy atom. The van der Waals surface area contributed by atoms with E-state index in [1.54, 1.807) is 12.1 Å². The van der Waals surface area contributed by atoms with Gasteiger partial charge in [0.05, 0.1) is 11.9 Å². The van der Waals surface area contributed by atoms with Gasteiger partial charge < -0.3 is 10.2 Å². The van der Waals surface area contributed by atoms with Crippen LogP contribution in [0, 0.1) is 6.92 Å². The molecule has 7 nitrogen and oxygen atoms in total. The van der Waals surface area contributed by atoms with E-state index in [0.717, 1.165) is 33.7 Å². The average Bonchev–Trinajstić information content (AvgIpc) is 2.81. The third kappa shape index (κ3) is 7.32. The Balaban J connectivity index is 2.45. The number of hydrogen-bond donors (Lipinski definition) is 1. The van der Waals surface area contributed by atoms with Crippen LogP contribution < -0.4 is 9.62 Å². The zero-order chi connectivity index (χ0) is 25.3. The highest BCUT2D eigenvalue weighted by molar-refractivity contribution is 7.92. The van der Waals surface area contributed by atoms with Gasteiger partial charge in [-0.15, -0.1) is 0 Å². The number of para-hydroxylation sites is 1. The van der Waals surface area contributed by atoms with Crippen LogP contribution >= 0.6 is 0 Å². The van der Waals surface area contributed by atoms with Crippen LogP contribution in [-0.2, 0) is 32.6 Å². The van der Waals surface area contributed by atoms with E-state index in [-0.39, 0.29) is 19.0 Å². The summed E-state index contributed by atoms with van der Waals surface area (Å²) in [5.41, 5.74) is 3.28. The monoisotopic (exact) mass is 487 g/mol. The van der Waals surface area contributed by atoms with Gasteiger partial charge in [-0.3, -0.25) is 13.9 Å². The Hall–Kier alpha value is -2.87. The van der Waals surface area contributed by atoms with Crippen molar-refractivity contribution in [2.24, 2.45) is 0 Å². The Morgan fingerprint density at radius 1 is 1.00 bits per heavy atom. The van der Waals surface area contributed by atoms with E-state index in [2.05, 4.69) is 5.32 Å². The molecule has 0 aliphatic carbocycles. The van der Waals surface area contributed by atoms with Gasteiger partial charge in [0.15, 0.2) is 0 Å². The van der Waals surface area contributed by atoms with Crippen molar-refractivity contribution < 1.29 is 18.0 Å². The van der Waals surface area contributed by atoms with E-state index >= 15 is 0 Å². The van der Waals surface area contributed by atoms with Gasteiger partial charge in [0.25, 0.3) is 0 Å². The fourth-order valence-electron chi connectivity index (χ4n) is 3.82. The van der Waals surface area contributed by atoms with E-state index in [0.29, 0.717) is 25.1 Å². The summed E-state index contributed by atoms with van der Waals surface area (Å²) in [7, 11) is -3.74. The van der Waals surface area contributed by atoms with Gasteiger partial charge in [-0.1, -0.05) is 68.8 Å². The van der Waals surface area contributed by atoms with Crippen molar-refractivity contribution in [2.45, 2.75) is 59.5 Å². The average molecular weight is 488 g/mol. The molecule has 1 unspecified atom stereocenters. The van der Waals surface area contributed by atoms with Crippen molar-refractivity contribution in [3.8, 4) is 0 Å². The first-order valence-corrected chi connectivity index (χ1v) is 13.6. The summed E-state index contributed by atoms with van der Waals surface area (Å²) in [5.74, 6) is -0.653. The maximum absolute atomic E-state index is 13.7. The normalized spacial score (nSPS) is 12.1. The highest BCUT2D eigenvalue weighted by atomic mass is 32.2. The number of carbonyl (C=O) groups excluding carboxylic acids is 2. The number of nitrogens with one attached hydrogen (secondary N) is 1. The molecule has 0 spiro atoms. The van der Waals surface area contributed by atoms with E-state index in [4.69, 9.17) is 0 Å². The molecule has 0 bridgehead atoms. The predicted octanol–water partition coefficient (Wildman–Crippen LogP) is 3.66. The molecule has 2 rings (SSSR count). The Labute approximate surface area is 204 Å². The lowest BCUT2D eigenvalue weighted by Gasteiger charge is -2.33. The standard InChI is InChI=1S/C26H37N3O4S/c1-6-17-27-26(31)23(8-3)28(18-21-15-13-20(4)14-16-21)25(30)19-29(34(5,32)33)24-12-10-9-11-22(24)7-2/h9-16,23H,6-8,17-19H2,1-5H3,(H,27,31). The SMILES string of the molecule is CCCNC(=O)C(CC)N(Cc1ccc(C)cc1)C(=O)CN(c1ccccc1CC)S(C)(=O)=O. The molecule has 2 amide bonds. The van der Waals surface area contributed by atoms with E-state index < -0.39 is 22.0 Å². The van der Waals surface area contributed by atoms with Crippen molar-refractivity contribution in [1.29, 1.82) is 0 Å². The minimum Gasteiger partial charge on any atom is -0.354 e. The minimum absolute atomic E-state index is 0.212. The second kappa shape index (κ2) is 12.6. The molecule has 186 valence electrons. The number of carbonyl (C=O) groups is 2. The molecule has 8 heteroatoms. The number of sulfonamides is 1. The van der Waals surface area contributed by atoms with Crippen LogP contribution in [0.5, 0.6) is 0 Å². The Morgan fingerprint density at radius 2 is 1.65 bits per heavy atom. The molecule has 34 heavy (non-hydrogen) atoms. The molecule has 0 saturated heterocycles. The molecule has 0 aliphatic heterocycles. The highest BCUT2D eigenvalue weighted by Gasteiger charge is 2.32. The van der Waals surface area contributed by atoms with Crippen LogP contribution in [0.2, 0.25) is 0 Å². The van der Waals surface area contributed by atoms with Gasteiger partial charge >= 0.3 is 0 Å². The van der Waals surface area contributed by atoms with Gasteiger partial charge in [0.1, 0.15) is 12.6 Å². The first-order chi connectivity index (χ1) is 16.1. The number of hydrogen-bond acceptors (Lipinski definition) is 4. The lowest BCUT2D eigenvalue weighted by Crippen LogP contribution is -2.52. The third-order valence-electron chi connectivity index (χ3n) is 5.73. The summed E-state index contributed by atoms with van der Waals surface area (Å²) >= 11 is 0. The van der Waals surface area contributed by atoms with Crippen molar-refractivity contribution in [2.75, 3.05) is 23.7 Å². The van der Waals surface area contributed by atoms with Gasteiger partial charge in [0, 0.05) is 13.1 Å². The van der Waals surface area contributed by atoms with Crippen molar-refractivity contribution in [1.82, 2.24) is 10.2 Å². The highest BCUT2D eigenvalue weighted by Crippen LogP contribution is 2.24. The molecule has 1 N–H and O–H groups in total. The number of amides is 2. The van der Waals surface area contributed by atoms with Crippen LogP contribution in [-0.4, -0.2) is 50.5 Å². The molecular weight excluding hydrogens is 450 g/mol. The number of aryl methyl sites for hydroxylation is 2. The van der Waals surface area contributed by atoms with Crippen LogP contribution in [0.15, 0.2) is 48.5 Å². The summed E-state index contributed by atoms with van der Waals surface area (Å²) < 4.78 is 26.6. The molecule has 0 aromatic heterocycles. The van der Waals surface area contributed by atoms with Crippen LogP contribution in [0.25, 0.3) is 0 Å². The fraction of sp³-hybridized carbons (Fsp3) is 0.462. The number of rotatable bonds is 12. The van der Waals surface area contributed by atoms with Gasteiger partial charge in [-0.25, -0.2) is 8.42 Å². The first kappa shape index (κ1) is 27.4. The lowest BCUT2D eigenvalue weighted by molar-refractivity contribution is -0.140. The molecule has 0 radical (unpaired) electrons. The maximum Gasteiger partial charge on any atom is 0.244 e. The zero-order valence-electron chi connectivity index (χ0n) is 20.9. The number of anilines is 1. The molecule has 0 fully saturated rings. The summed E-state index contributed by atoms with van der Waals surface area (Å²) in [5, 5.41) is 2.88. The first-order valence-electron chi connectivity index (χ1n) is 11.8. The molecule has 2 aromatic rings. The summed E-state index contributed by atoms with van der Waals surface area (Å²) in [6, 6.07) is 14.2. The van der Waals surface area contributed by atoms with Gasteiger partial charge in [0.2, 0.25) is 21.8 Å². The van der Waals surface area contributed by atoms with Crippen molar-refractivity contribution in [3.63, 3.8) is 0 Å². The van der Waals surface area contributed by atoms with Crippen LogP contribution in [0.4, 0.5) is 5.69 Å². The molecular formula is C26H37N3O4S. The molecule has 0 saturated carbocycles. The topological polar surface area (TPSA) is 86.8 Å². The smallest absolute Gasteiger partial charge is 0.244 e. The number of nitrogens with zero attached hydrogens (tertiary/aromatic N) is 2. The van der Waals surface area contributed by atoms with Crippen LogP contribution in [0.1, 0.15) is 50.3 Å².